The summed E-state index contributed by atoms with van der Waals surface area (Å²) in [6.45, 7) is 1.36. The molecule has 2 aliphatic rings. The van der Waals surface area contributed by atoms with Gasteiger partial charge in [-0.25, -0.2) is 9.37 Å². The molecule has 2 aromatic heterocycles. The van der Waals surface area contributed by atoms with Gasteiger partial charge in [-0.3, -0.25) is 9.89 Å². The average Bonchev–Trinajstić information content (AvgIpc) is 3.17. The van der Waals surface area contributed by atoms with E-state index in [9.17, 15) is 9.18 Å². The fourth-order valence-corrected chi connectivity index (χ4v) is 4.58. The lowest BCUT2D eigenvalue weighted by Gasteiger charge is -2.47. The summed E-state index contributed by atoms with van der Waals surface area (Å²) < 4.78 is 19.3. The molecule has 0 aliphatic carbocycles. The molecule has 2 saturated heterocycles. The molecule has 1 amide bonds. The minimum absolute atomic E-state index is 0.0194. The smallest absolute Gasteiger partial charge is 0.271 e. The zero-order chi connectivity index (χ0) is 15.9. The normalized spacial score (nSPS) is 22.1. The number of nitrogens with zero attached hydrogens (tertiary/aromatic N) is 3. The van der Waals surface area contributed by atoms with E-state index in [2.05, 4.69) is 15.2 Å². The van der Waals surface area contributed by atoms with Crippen LogP contribution in [0.15, 0.2) is 30.6 Å². The van der Waals surface area contributed by atoms with Crippen LogP contribution in [0.1, 0.15) is 16.9 Å². The Morgan fingerprint density at radius 2 is 2.30 bits per heavy atom. The Balaban J connectivity index is 1.35. The molecule has 0 aromatic carbocycles. The zero-order valence-electron chi connectivity index (χ0n) is 12.2. The number of likely N-dealkylation sites (tertiary alicyclic amines) is 1. The van der Waals surface area contributed by atoms with Crippen LogP contribution in [0.3, 0.4) is 0 Å². The summed E-state index contributed by atoms with van der Waals surface area (Å²) in [7, 11) is 0. The number of hydrogen-bond donors (Lipinski definition) is 1. The van der Waals surface area contributed by atoms with Crippen LogP contribution in [0.25, 0.3) is 0 Å². The maximum absolute atomic E-state index is 13.6. The van der Waals surface area contributed by atoms with Gasteiger partial charge >= 0.3 is 0 Å². The Bertz CT molecular complexity index is 718. The van der Waals surface area contributed by atoms with Gasteiger partial charge in [0, 0.05) is 37.7 Å². The number of hydrogen-bond acceptors (Lipinski definition) is 5. The summed E-state index contributed by atoms with van der Waals surface area (Å²) in [4.78, 5) is 17.9. The quantitative estimate of drug-likeness (QED) is 0.925. The molecule has 1 atom stereocenters. The van der Waals surface area contributed by atoms with E-state index in [0.29, 0.717) is 18.8 Å². The minimum Gasteiger partial charge on any atom is -0.471 e. The molecule has 2 fully saturated rings. The van der Waals surface area contributed by atoms with E-state index in [1.807, 2.05) is 0 Å². The fourth-order valence-electron chi connectivity index (χ4n) is 3.05. The van der Waals surface area contributed by atoms with Crippen LogP contribution in [0.4, 0.5) is 4.39 Å². The van der Waals surface area contributed by atoms with Gasteiger partial charge in [0.2, 0.25) is 0 Å². The van der Waals surface area contributed by atoms with E-state index in [0.717, 1.165) is 12.2 Å². The number of thioether (sulfide) groups is 1. The third-order valence-electron chi connectivity index (χ3n) is 4.15. The number of carbonyl (C=O) groups excluding carboxylic acids is 1. The number of carbonyl (C=O) groups is 1. The van der Waals surface area contributed by atoms with Crippen molar-refractivity contribution >= 4 is 17.7 Å². The van der Waals surface area contributed by atoms with Crippen molar-refractivity contribution in [1.29, 1.82) is 0 Å². The monoisotopic (exact) mass is 334 g/mol. The molecule has 2 aliphatic heterocycles. The number of rotatable bonds is 3. The topological polar surface area (TPSA) is 71.1 Å². The molecule has 6 nitrogen and oxygen atoms in total. The second-order valence-corrected chi connectivity index (χ2v) is 7.35. The number of nitrogens with one attached hydrogen (secondary N) is 1. The molecule has 8 heteroatoms. The van der Waals surface area contributed by atoms with Gasteiger partial charge in [-0.15, -0.1) is 11.8 Å². The van der Waals surface area contributed by atoms with Crippen molar-refractivity contribution in [2.45, 2.75) is 17.3 Å². The maximum Gasteiger partial charge on any atom is 0.271 e. The SMILES string of the molecule is O=C(c1ccn[nH]1)N1CC2(C[C@H](Oc3ncccc3F)CS2)C1. The Labute approximate surface area is 136 Å². The lowest BCUT2D eigenvalue weighted by molar-refractivity contribution is 0.0508. The molecular weight excluding hydrogens is 319 g/mol. The molecule has 4 heterocycles. The van der Waals surface area contributed by atoms with Crippen LogP contribution in [-0.2, 0) is 0 Å². The number of H-pyrrole nitrogens is 1. The molecule has 0 radical (unpaired) electrons. The first kappa shape index (κ1) is 14.5. The molecule has 0 unspecified atom stereocenters. The minimum atomic E-state index is -0.442. The van der Waals surface area contributed by atoms with Gasteiger partial charge in [0.1, 0.15) is 11.8 Å². The highest BCUT2D eigenvalue weighted by Gasteiger charge is 2.51. The van der Waals surface area contributed by atoms with Crippen molar-refractivity contribution in [2.75, 3.05) is 18.8 Å². The summed E-state index contributed by atoms with van der Waals surface area (Å²) in [5.74, 6) is 0.360. The van der Waals surface area contributed by atoms with Crippen molar-refractivity contribution in [3.05, 3.63) is 42.1 Å². The number of aromatic nitrogens is 3. The summed E-state index contributed by atoms with van der Waals surface area (Å²) in [5, 5.41) is 6.49. The number of aromatic amines is 1. The van der Waals surface area contributed by atoms with Crippen LogP contribution in [0.2, 0.25) is 0 Å². The van der Waals surface area contributed by atoms with Crippen molar-refractivity contribution in [3.8, 4) is 5.88 Å². The molecular formula is C15H15FN4O2S. The van der Waals surface area contributed by atoms with E-state index < -0.39 is 5.82 Å². The summed E-state index contributed by atoms with van der Waals surface area (Å²) >= 11 is 1.79. The highest BCUT2D eigenvalue weighted by Crippen LogP contribution is 2.46. The van der Waals surface area contributed by atoms with Crippen LogP contribution in [-0.4, -0.2) is 55.7 Å². The molecule has 1 spiro atoms. The fraction of sp³-hybridized carbons (Fsp3) is 0.400. The first-order chi connectivity index (χ1) is 11.2. The first-order valence-electron chi connectivity index (χ1n) is 7.35. The third-order valence-corrected chi connectivity index (χ3v) is 5.73. The van der Waals surface area contributed by atoms with Gasteiger partial charge in [0.25, 0.3) is 11.8 Å². The summed E-state index contributed by atoms with van der Waals surface area (Å²) in [5.41, 5.74) is 0.506. The molecule has 2 aromatic rings. The lowest BCUT2D eigenvalue weighted by atomic mass is 9.92. The van der Waals surface area contributed by atoms with Gasteiger partial charge in [-0.05, 0) is 18.2 Å². The van der Waals surface area contributed by atoms with E-state index >= 15 is 0 Å². The predicted octanol–water partition coefficient (Wildman–Crippen LogP) is 1.72. The van der Waals surface area contributed by atoms with Crippen LogP contribution in [0.5, 0.6) is 5.88 Å². The Morgan fingerprint density at radius 1 is 1.43 bits per heavy atom. The van der Waals surface area contributed by atoms with Crippen molar-refractivity contribution in [1.82, 2.24) is 20.1 Å². The van der Waals surface area contributed by atoms with E-state index in [1.165, 1.54) is 18.3 Å². The van der Waals surface area contributed by atoms with Crippen LogP contribution in [0, 0.1) is 5.82 Å². The van der Waals surface area contributed by atoms with Crippen LogP contribution < -0.4 is 4.74 Å². The molecule has 0 bridgehead atoms. The zero-order valence-corrected chi connectivity index (χ0v) is 13.1. The van der Waals surface area contributed by atoms with Gasteiger partial charge in [-0.2, -0.15) is 5.10 Å². The summed E-state index contributed by atoms with van der Waals surface area (Å²) in [6, 6.07) is 4.55. The second-order valence-electron chi connectivity index (χ2n) is 5.86. The van der Waals surface area contributed by atoms with Gasteiger partial charge in [0.15, 0.2) is 5.82 Å². The molecule has 1 N–H and O–H groups in total. The van der Waals surface area contributed by atoms with E-state index in [1.54, 1.807) is 28.9 Å². The van der Waals surface area contributed by atoms with Gasteiger partial charge in [0.05, 0.1) is 4.75 Å². The average molecular weight is 334 g/mol. The van der Waals surface area contributed by atoms with Crippen molar-refractivity contribution in [3.63, 3.8) is 0 Å². The lowest BCUT2D eigenvalue weighted by Crippen LogP contribution is -2.60. The maximum atomic E-state index is 13.6. The van der Waals surface area contributed by atoms with E-state index in [4.69, 9.17) is 4.74 Å². The standard InChI is InChI=1S/C15H15FN4O2S/c16-11-2-1-4-17-13(11)22-10-6-15(23-7-10)8-20(9-15)14(21)12-3-5-18-19-12/h1-5,10H,6-9H2,(H,18,19)/t10-/m0/s1. The molecule has 4 rings (SSSR count). The number of pyridine rings is 1. The highest BCUT2D eigenvalue weighted by atomic mass is 32.2. The first-order valence-corrected chi connectivity index (χ1v) is 8.34. The van der Waals surface area contributed by atoms with Crippen LogP contribution >= 0.6 is 11.8 Å². The summed E-state index contributed by atoms with van der Waals surface area (Å²) in [6.07, 6.45) is 3.80. The Kier molecular flexibility index (Phi) is 3.48. The second kappa shape index (κ2) is 5.52. The Hall–Kier alpha value is -2.09. The van der Waals surface area contributed by atoms with Crippen molar-refractivity contribution in [2.24, 2.45) is 0 Å². The van der Waals surface area contributed by atoms with E-state index in [-0.39, 0.29) is 22.6 Å². The van der Waals surface area contributed by atoms with Crippen molar-refractivity contribution < 1.29 is 13.9 Å². The third kappa shape index (κ3) is 2.67. The largest absolute Gasteiger partial charge is 0.471 e. The van der Waals surface area contributed by atoms with Gasteiger partial charge < -0.3 is 9.64 Å². The number of halogens is 1. The molecule has 120 valence electrons. The number of amides is 1. The number of ether oxygens (including phenoxy) is 1. The predicted molar refractivity (Wildman–Crippen MR) is 82.9 cm³/mol. The molecule has 0 saturated carbocycles. The molecule has 23 heavy (non-hydrogen) atoms. The van der Waals surface area contributed by atoms with Gasteiger partial charge in [-0.1, -0.05) is 0 Å². The Morgan fingerprint density at radius 3 is 3.04 bits per heavy atom. The highest BCUT2D eigenvalue weighted by molar-refractivity contribution is 8.01.